The average Bonchev–Trinajstić information content (AvgIpc) is 3.16. The fourth-order valence-electron chi connectivity index (χ4n) is 2.94. The minimum absolute atomic E-state index is 0.219. The van der Waals surface area contributed by atoms with Crippen LogP contribution in [0.3, 0.4) is 0 Å². The lowest BCUT2D eigenvalue weighted by molar-refractivity contribution is 0.0569. The Morgan fingerprint density at radius 3 is 2.62 bits per heavy atom. The van der Waals surface area contributed by atoms with Gasteiger partial charge in [0, 0.05) is 32.7 Å². The first-order valence-electron chi connectivity index (χ1n) is 8.59. The number of thiophene rings is 1. The Bertz CT molecular complexity index is 800. The standard InChI is InChI=1S/C18H24N2O4S2/c1-15-4-2-5-17(12-15)24-14-16(21)13-19-7-9-20(10-8-19)26(22,23)18-6-3-11-25-18/h2-6,11-12,16,21H,7-10,13-14H2,1H3. The molecular weight excluding hydrogens is 372 g/mol. The molecule has 26 heavy (non-hydrogen) atoms. The lowest BCUT2D eigenvalue weighted by atomic mass is 10.2. The molecular formula is C18H24N2O4S2. The van der Waals surface area contributed by atoms with E-state index >= 15 is 0 Å². The van der Waals surface area contributed by atoms with Gasteiger partial charge in [-0.15, -0.1) is 11.3 Å². The van der Waals surface area contributed by atoms with Gasteiger partial charge in [0.25, 0.3) is 10.0 Å². The Morgan fingerprint density at radius 2 is 1.96 bits per heavy atom. The van der Waals surface area contributed by atoms with Crippen molar-refractivity contribution >= 4 is 21.4 Å². The maximum absolute atomic E-state index is 12.5. The van der Waals surface area contributed by atoms with Gasteiger partial charge in [0.15, 0.2) is 0 Å². The first kappa shape index (κ1) is 19.3. The van der Waals surface area contributed by atoms with E-state index in [-0.39, 0.29) is 6.61 Å². The minimum Gasteiger partial charge on any atom is -0.491 e. The van der Waals surface area contributed by atoms with E-state index in [9.17, 15) is 13.5 Å². The van der Waals surface area contributed by atoms with Crippen molar-refractivity contribution in [3.05, 3.63) is 47.3 Å². The summed E-state index contributed by atoms with van der Waals surface area (Å²) in [4.78, 5) is 2.07. The highest BCUT2D eigenvalue weighted by Crippen LogP contribution is 2.22. The number of aliphatic hydroxyl groups excluding tert-OH is 1. The molecule has 142 valence electrons. The molecule has 1 fully saturated rings. The Labute approximate surface area is 158 Å². The van der Waals surface area contributed by atoms with Crippen LogP contribution in [0.4, 0.5) is 0 Å². The number of nitrogens with zero attached hydrogens (tertiary/aromatic N) is 2. The number of aryl methyl sites for hydroxylation is 1. The van der Waals surface area contributed by atoms with Crippen molar-refractivity contribution in [1.82, 2.24) is 9.21 Å². The summed E-state index contributed by atoms with van der Waals surface area (Å²) in [5.74, 6) is 0.746. The predicted octanol–water partition coefficient (Wildman–Crippen LogP) is 1.80. The Morgan fingerprint density at radius 1 is 1.19 bits per heavy atom. The summed E-state index contributed by atoms with van der Waals surface area (Å²) < 4.78 is 32.6. The van der Waals surface area contributed by atoms with Gasteiger partial charge in [0.1, 0.15) is 22.7 Å². The molecule has 8 heteroatoms. The molecule has 0 saturated carbocycles. The van der Waals surface area contributed by atoms with Crippen LogP contribution in [0.25, 0.3) is 0 Å². The van der Waals surface area contributed by atoms with Gasteiger partial charge in [-0.3, -0.25) is 4.90 Å². The molecule has 3 rings (SSSR count). The van der Waals surface area contributed by atoms with E-state index in [1.807, 2.05) is 31.2 Å². The van der Waals surface area contributed by atoms with Crippen LogP contribution in [0.15, 0.2) is 46.0 Å². The van der Waals surface area contributed by atoms with E-state index in [1.54, 1.807) is 17.5 Å². The van der Waals surface area contributed by atoms with Gasteiger partial charge in [-0.05, 0) is 36.1 Å². The minimum atomic E-state index is -3.38. The topological polar surface area (TPSA) is 70.1 Å². The smallest absolute Gasteiger partial charge is 0.252 e. The third-order valence-corrected chi connectivity index (χ3v) is 7.59. The zero-order chi connectivity index (χ0) is 18.6. The zero-order valence-electron chi connectivity index (χ0n) is 14.7. The quantitative estimate of drug-likeness (QED) is 0.773. The van der Waals surface area contributed by atoms with Crippen molar-refractivity contribution in [2.75, 3.05) is 39.3 Å². The highest BCUT2D eigenvalue weighted by molar-refractivity contribution is 7.91. The first-order valence-corrected chi connectivity index (χ1v) is 10.9. The Kier molecular flexibility index (Phi) is 6.31. The predicted molar refractivity (Wildman–Crippen MR) is 102 cm³/mol. The van der Waals surface area contributed by atoms with Crippen molar-refractivity contribution in [2.45, 2.75) is 17.2 Å². The van der Waals surface area contributed by atoms with Crippen LogP contribution in [-0.2, 0) is 10.0 Å². The van der Waals surface area contributed by atoms with Gasteiger partial charge in [0.2, 0.25) is 0 Å². The van der Waals surface area contributed by atoms with E-state index < -0.39 is 16.1 Å². The summed E-state index contributed by atoms with van der Waals surface area (Å²) in [6.45, 7) is 4.76. The van der Waals surface area contributed by atoms with Gasteiger partial charge in [-0.25, -0.2) is 8.42 Å². The maximum atomic E-state index is 12.5. The Hall–Kier alpha value is -1.45. The molecule has 1 aliphatic rings. The van der Waals surface area contributed by atoms with E-state index in [0.29, 0.717) is 36.9 Å². The first-order chi connectivity index (χ1) is 12.4. The number of benzene rings is 1. The molecule has 0 spiro atoms. The van der Waals surface area contributed by atoms with Crippen molar-refractivity contribution < 1.29 is 18.3 Å². The third kappa shape index (κ3) is 4.83. The number of β-amino-alcohol motifs (C(OH)–C–C–N with tert-alkyl or cyclic N) is 1. The maximum Gasteiger partial charge on any atom is 0.252 e. The Balaban J connectivity index is 1.45. The molecule has 0 radical (unpaired) electrons. The van der Waals surface area contributed by atoms with Crippen LogP contribution in [0.5, 0.6) is 5.75 Å². The summed E-state index contributed by atoms with van der Waals surface area (Å²) in [7, 11) is -3.38. The molecule has 1 aliphatic heterocycles. The summed E-state index contributed by atoms with van der Waals surface area (Å²) in [5, 5.41) is 12.0. The van der Waals surface area contributed by atoms with Crippen molar-refractivity contribution in [2.24, 2.45) is 0 Å². The number of hydrogen-bond acceptors (Lipinski definition) is 6. The fourth-order valence-corrected chi connectivity index (χ4v) is 5.50. The highest BCUT2D eigenvalue weighted by atomic mass is 32.2. The van der Waals surface area contributed by atoms with Crippen LogP contribution in [0.2, 0.25) is 0 Å². The molecule has 1 aromatic heterocycles. The molecule has 1 saturated heterocycles. The van der Waals surface area contributed by atoms with E-state index in [2.05, 4.69) is 4.90 Å². The molecule has 1 aromatic carbocycles. The average molecular weight is 397 g/mol. The van der Waals surface area contributed by atoms with Gasteiger partial charge >= 0.3 is 0 Å². The molecule has 6 nitrogen and oxygen atoms in total. The van der Waals surface area contributed by atoms with Crippen LogP contribution in [0.1, 0.15) is 5.56 Å². The van der Waals surface area contributed by atoms with E-state index in [4.69, 9.17) is 4.74 Å². The molecule has 1 unspecified atom stereocenters. The number of ether oxygens (including phenoxy) is 1. The molecule has 0 aliphatic carbocycles. The van der Waals surface area contributed by atoms with Gasteiger partial charge in [0.05, 0.1) is 0 Å². The zero-order valence-corrected chi connectivity index (χ0v) is 16.4. The van der Waals surface area contributed by atoms with E-state index in [0.717, 1.165) is 11.3 Å². The van der Waals surface area contributed by atoms with Crippen LogP contribution in [-0.4, -0.2) is 68.2 Å². The molecule has 2 heterocycles. The summed E-state index contributed by atoms with van der Waals surface area (Å²) in [5.41, 5.74) is 1.11. The van der Waals surface area contributed by atoms with Gasteiger partial charge < -0.3 is 9.84 Å². The second-order valence-electron chi connectivity index (χ2n) is 6.42. The number of aliphatic hydroxyl groups is 1. The summed E-state index contributed by atoms with van der Waals surface area (Å²) >= 11 is 1.24. The van der Waals surface area contributed by atoms with Gasteiger partial charge in [-0.1, -0.05) is 18.2 Å². The molecule has 2 aromatic rings. The van der Waals surface area contributed by atoms with Crippen molar-refractivity contribution in [3.63, 3.8) is 0 Å². The highest BCUT2D eigenvalue weighted by Gasteiger charge is 2.29. The number of sulfonamides is 1. The summed E-state index contributed by atoms with van der Waals surface area (Å²) in [6, 6.07) is 11.1. The second kappa shape index (κ2) is 8.49. The van der Waals surface area contributed by atoms with E-state index in [1.165, 1.54) is 15.6 Å². The molecule has 1 N–H and O–H groups in total. The molecule has 1 atom stereocenters. The summed E-state index contributed by atoms with van der Waals surface area (Å²) in [6.07, 6.45) is -0.615. The third-order valence-electron chi connectivity index (χ3n) is 4.32. The monoisotopic (exact) mass is 396 g/mol. The lowest BCUT2D eigenvalue weighted by Crippen LogP contribution is -2.50. The normalized spacial score (nSPS) is 17.9. The largest absolute Gasteiger partial charge is 0.491 e. The van der Waals surface area contributed by atoms with Crippen molar-refractivity contribution in [3.8, 4) is 5.75 Å². The number of rotatable bonds is 7. The van der Waals surface area contributed by atoms with Crippen LogP contribution >= 0.6 is 11.3 Å². The second-order valence-corrected chi connectivity index (χ2v) is 9.53. The molecule has 0 amide bonds. The number of hydrogen-bond donors (Lipinski definition) is 1. The lowest BCUT2D eigenvalue weighted by Gasteiger charge is -2.34. The molecule has 0 bridgehead atoms. The van der Waals surface area contributed by atoms with Crippen LogP contribution in [0, 0.1) is 6.92 Å². The van der Waals surface area contributed by atoms with Crippen molar-refractivity contribution in [1.29, 1.82) is 0 Å². The van der Waals surface area contributed by atoms with Gasteiger partial charge in [-0.2, -0.15) is 4.31 Å². The number of piperazine rings is 1. The van der Waals surface area contributed by atoms with Crippen LogP contribution < -0.4 is 4.74 Å². The SMILES string of the molecule is Cc1cccc(OCC(O)CN2CCN(S(=O)(=O)c3cccs3)CC2)c1. The fraction of sp³-hybridized carbons (Fsp3) is 0.444.